The Morgan fingerprint density at radius 1 is 1.32 bits per heavy atom. The fraction of sp³-hybridized carbons (Fsp3) is 0.625. The smallest absolute Gasteiger partial charge is 0.123 e. The first kappa shape index (κ1) is 14.5. The van der Waals surface area contributed by atoms with Crippen molar-refractivity contribution >= 4 is 0 Å². The molecule has 0 aliphatic heterocycles. The summed E-state index contributed by atoms with van der Waals surface area (Å²) in [6.07, 6.45) is 5.10. The number of halogens is 1. The molecule has 19 heavy (non-hydrogen) atoms. The second-order valence-corrected chi connectivity index (χ2v) is 5.48. The van der Waals surface area contributed by atoms with E-state index in [2.05, 4.69) is 5.32 Å². The van der Waals surface area contributed by atoms with Gasteiger partial charge in [-0.2, -0.15) is 0 Å². The molecule has 0 amide bonds. The van der Waals surface area contributed by atoms with E-state index in [1.807, 2.05) is 12.1 Å². The fourth-order valence-electron chi connectivity index (χ4n) is 2.70. The monoisotopic (exact) mass is 265 g/mol. The van der Waals surface area contributed by atoms with Gasteiger partial charge in [-0.05, 0) is 42.5 Å². The molecule has 1 fully saturated rings. The Morgan fingerprint density at radius 2 is 2.05 bits per heavy atom. The number of benzene rings is 1. The van der Waals surface area contributed by atoms with E-state index >= 15 is 0 Å². The van der Waals surface area contributed by atoms with Crippen LogP contribution < -0.4 is 5.32 Å². The molecule has 1 aromatic rings. The summed E-state index contributed by atoms with van der Waals surface area (Å²) in [6, 6.07) is 6.95. The van der Waals surface area contributed by atoms with Gasteiger partial charge < -0.3 is 10.1 Å². The van der Waals surface area contributed by atoms with Crippen LogP contribution in [0.5, 0.6) is 0 Å². The minimum atomic E-state index is -0.151. The summed E-state index contributed by atoms with van der Waals surface area (Å²) in [5, 5.41) is 3.47. The Bertz CT molecular complexity index is 362. The number of ether oxygens (including phenoxy) is 1. The van der Waals surface area contributed by atoms with E-state index in [-0.39, 0.29) is 5.82 Å². The first-order valence-corrected chi connectivity index (χ1v) is 7.23. The molecule has 1 N–H and O–H groups in total. The van der Waals surface area contributed by atoms with Gasteiger partial charge in [-0.1, -0.05) is 31.4 Å². The fourth-order valence-corrected chi connectivity index (χ4v) is 2.70. The highest BCUT2D eigenvalue weighted by Gasteiger charge is 2.26. The highest BCUT2D eigenvalue weighted by molar-refractivity contribution is 5.17. The third-order valence-electron chi connectivity index (χ3n) is 4.12. The van der Waals surface area contributed by atoms with E-state index in [1.165, 1.54) is 24.8 Å². The minimum Gasteiger partial charge on any atom is -0.383 e. The highest BCUT2D eigenvalue weighted by Crippen LogP contribution is 2.35. The zero-order valence-electron chi connectivity index (χ0n) is 11.7. The lowest BCUT2D eigenvalue weighted by molar-refractivity contribution is 0.178. The molecule has 1 atom stereocenters. The van der Waals surface area contributed by atoms with Gasteiger partial charge in [-0.25, -0.2) is 4.39 Å². The first-order valence-electron chi connectivity index (χ1n) is 7.23. The lowest BCUT2D eigenvalue weighted by Gasteiger charge is -2.34. The standard InChI is InChI=1S/C16H24FNO/c1-19-10-9-18-12-15(14-3-2-4-14)11-13-5-7-16(17)8-6-13/h5-8,14-15,18H,2-4,9-12H2,1H3. The minimum absolute atomic E-state index is 0.151. The van der Waals surface area contributed by atoms with Crippen LogP contribution in [-0.4, -0.2) is 26.8 Å². The summed E-state index contributed by atoms with van der Waals surface area (Å²) < 4.78 is 18.0. The maximum Gasteiger partial charge on any atom is 0.123 e. The van der Waals surface area contributed by atoms with Crippen molar-refractivity contribution in [2.45, 2.75) is 25.7 Å². The molecule has 0 spiro atoms. The second kappa shape index (κ2) is 7.61. The molecule has 1 aliphatic rings. The summed E-state index contributed by atoms with van der Waals surface area (Å²) in [6.45, 7) is 2.70. The number of rotatable bonds is 8. The molecule has 0 bridgehead atoms. The van der Waals surface area contributed by atoms with Crippen LogP contribution in [0.25, 0.3) is 0 Å². The Balaban J connectivity index is 1.84. The molecule has 1 saturated carbocycles. The molecule has 2 rings (SSSR count). The average molecular weight is 265 g/mol. The molecule has 1 aromatic carbocycles. The van der Waals surface area contributed by atoms with Crippen LogP contribution in [-0.2, 0) is 11.2 Å². The summed E-state index contributed by atoms with van der Waals surface area (Å²) in [5.74, 6) is 1.35. The van der Waals surface area contributed by atoms with Gasteiger partial charge in [-0.15, -0.1) is 0 Å². The summed E-state index contributed by atoms with van der Waals surface area (Å²) in [5.41, 5.74) is 1.24. The van der Waals surface area contributed by atoms with Crippen LogP contribution in [0.15, 0.2) is 24.3 Å². The van der Waals surface area contributed by atoms with Crippen LogP contribution in [0.4, 0.5) is 4.39 Å². The highest BCUT2D eigenvalue weighted by atomic mass is 19.1. The number of methoxy groups -OCH3 is 1. The van der Waals surface area contributed by atoms with E-state index in [0.29, 0.717) is 5.92 Å². The Labute approximate surface area is 115 Å². The molecule has 3 heteroatoms. The third kappa shape index (κ3) is 4.59. The van der Waals surface area contributed by atoms with Crippen LogP contribution >= 0.6 is 0 Å². The summed E-state index contributed by atoms with van der Waals surface area (Å²) >= 11 is 0. The predicted molar refractivity (Wildman–Crippen MR) is 75.7 cm³/mol. The molecule has 1 unspecified atom stereocenters. The number of nitrogens with one attached hydrogen (secondary N) is 1. The van der Waals surface area contributed by atoms with E-state index < -0.39 is 0 Å². The van der Waals surface area contributed by atoms with Crippen LogP contribution in [0.3, 0.4) is 0 Å². The Morgan fingerprint density at radius 3 is 2.63 bits per heavy atom. The van der Waals surface area contributed by atoms with Crippen LogP contribution in [0.1, 0.15) is 24.8 Å². The van der Waals surface area contributed by atoms with Gasteiger partial charge >= 0.3 is 0 Å². The number of hydrogen-bond donors (Lipinski definition) is 1. The molecular formula is C16H24FNO. The van der Waals surface area contributed by atoms with Gasteiger partial charge in [0.25, 0.3) is 0 Å². The third-order valence-corrected chi connectivity index (χ3v) is 4.12. The van der Waals surface area contributed by atoms with Crippen molar-refractivity contribution in [3.63, 3.8) is 0 Å². The van der Waals surface area contributed by atoms with Crippen molar-refractivity contribution in [3.05, 3.63) is 35.6 Å². The van der Waals surface area contributed by atoms with Crippen molar-refractivity contribution in [1.29, 1.82) is 0 Å². The lowest BCUT2D eigenvalue weighted by atomic mass is 9.73. The quantitative estimate of drug-likeness (QED) is 0.730. The lowest BCUT2D eigenvalue weighted by Crippen LogP contribution is -2.34. The van der Waals surface area contributed by atoms with Gasteiger partial charge in [-0.3, -0.25) is 0 Å². The van der Waals surface area contributed by atoms with Gasteiger partial charge in [0.2, 0.25) is 0 Å². The summed E-state index contributed by atoms with van der Waals surface area (Å²) in [7, 11) is 1.73. The van der Waals surface area contributed by atoms with E-state index in [4.69, 9.17) is 4.74 Å². The number of hydrogen-bond acceptors (Lipinski definition) is 2. The zero-order valence-corrected chi connectivity index (χ0v) is 11.7. The van der Waals surface area contributed by atoms with Crippen molar-refractivity contribution in [3.8, 4) is 0 Å². The van der Waals surface area contributed by atoms with E-state index in [0.717, 1.165) is 32.0 Å². The molecule has 0 radical (unpaired) electrons. The van der Waals surface area contributed by atoms with Gasteiger partial charge in [0.1, 0.15) is 5.82 Å². The normalized spacial score (nSPS) is 17.2. The van der Waals surface area contributed by atoms with E-state index in [9.17, 15) is 4.39 Å². The van der Waals surface area contributed by atoms with Crippen molar-refractivity contribution in [2.24, 2.45) is 11.8 Å². The molecular weight excluding hydrogens is 241 g/mol. The molecule has 2 nitrogen and oxygen atoms in total. The topological polar surface area (TPSA) is 21.3 Å². The molecule has 1 aliphatic carbocycles. The zero-order chi connectivity index (χ0) is 13.5. The van der Waals surface area contributed by atoms with Gasteiger partial charge in [0.05, 0.1) is 6.61 Å². The van der Waals surface area contributed by atoms with E-state index in [1.54, 1.807) is 19.2 Å². The maximum atomic E-state index is 12.9. The van der Waals surface area contributed by atoms with Crippen molar-refractivity contribution in [2.75, 3.05) is 26.8 Å². The van der Waals surface area contributed by atoms with Crippen LogP contribution in [0.2, 0.25) is 0 Å². The maximum absolute atomic E-state index is 12.9. The molecule has 0 saturated heterocycles. The average Bonchev–Trinajstić information content (AvgIpc) is 2.35. The van der Waals surface area contributed by atoms with Crippen LogP contribution in [0, 0.1) is 17.7 Å². The van der Waals surface area contributed by atoms with Crippen molar-refractivity contribution < 1.29 is 9.13 Å². The SMILES string of the molecule is COCCNCC(Cc1ccc(F)cc1)C1CCC1. The Hall–Kier alpha value is -0.930. The van der Waals surface area contributed by atoms with Gasteiger partial charge in [0.15, 0.2) is 0 Å². The Kier molecular flexibility index (Phi) is 5.80. The molecule has 0 aromatic heterocycles. The molecule has 0 heterocycles. The largest absolute Gasteiger partial charge is 0.383 e. The van der Waals surface area contributed by atoms with Crippen molar-refractivity contribution in [1.82, 2.24) is 5.32 Å². The second-order valence-electron chi connectivity index (χ2n) is 5.48. The first-order chi connectivity index (χ1) is 9.29. The molecule has 106 valence electrons. The predicted octanol–water partition coefficient (Wildman–Crippen LogP) is 3.02. The summed E-state index contributed by atoms with van der Waals surface area (Å²) in [4.78, 5) is 0. The van der Waals surface area contributed by atoms with Gasteiger partial charge in [0, 0.05) is 13.7 Å².